The van der Waals surface area contributed by atoms with Crippen molar-refractivity contribution >= 4 is 10.0 Å². The van der Waals surface area contributed by atoms with E-state index in [1.807, 2.05) is 0 Å². The molecule has 1 heterocycles. The highest BCUT2D eigenvalue weighted by Crippen LogP contribution is 2.36. The van der Waals surface area contributed by atoms with Crippen molar-refractivity contribution in [2.75, 3.05) is 5.75 Å². The van der Waals surface area contributed by atoms with Crippen molar-refractivity contribution in [2.45, 2.75) is 45.3 Å². The number of hydrogen-bond acceptors (Lipinski definition) is 3. The number of aromatic nitrogens is 2. The normalized spacial score (nSPS) is 15.1. The quantitative estimate of drug-likeness (QED) is 0.857. The fourth-order valence-electron chi connectivity index (χ4n) is 3.09. The van der Waals surface area contributed by atoms with Gasteiger partial charge in [0.05, 0.1) is 11.4 Å². The lowest BCUT2D eigenvalue weighted by Gasteiger charge is -2.15. The molecule has 3 rings (SSSR count). The van der Waals surface area contributed by atoms with Crippen molar-refractivity contribution in [1.82, 2.24) is 14.5 Å². The van der Waals surface area contributed by atoms with Gasteiger partial charge in [0.1, 0.15) is 0 Å². The van der Waals surface area contributed by atoms with Crippen LogP contribution in [-0.4, -0.2) is 24.0 Å². The first-order valence-corrected chi connectivity index (χ1v) is 10.1. The van der Waals surface area contributed by atoms with Crippen molar-refractivity contribution in [1.29, 1.82) is 0 Å². The molecule has 0 saturated heterocycles. The van der Waals surface area contributed by atoms with Gasteiger partial charge in [-0.1, -0.05) is 12.1 Å². The van der Waals surface area contributed by atoms with Crippen LogP contribution in [-0.2, 0) is 35.6 Å². The molecule has 0 atom stereocenters. The molecule has 0 spiro atoms. The highest BCUT2D eigenvalue weighted by molar-refractivity contribution is 7.89. The molecule has 26 heavy (non-hydrogen) atoms. The molecule has 0 amide bonds. The average molecular weight is 387 g/mol. The number of nitrogens with one attached hydrogen (secondary N) is 1. The van der Waals surface area contributed by atoms with Crippen LogP contribution in [0.5, 0.6) is 0 Å². The van der Waals surface area contributed by atoms with E-state index < -0.39 is 21.9 Å². The molecule has 1 aromatic heterocycles. The number of hydrogen-bond donors (Lipinski definition) is 1. The summed E-state index contributed by atoms with van der Waals surface area (Å²) in [4.78, 5) is 0. The third kappa shape index (κ3) is 3.93. The molecule has 0 aliphatic heterocycles. The Morgan fingerprint density at radius 2 is 1.81 bits per heavy atom. The van der Waals surface area contributed by atoms with Crippen LogP contribution >= 0.6 is 0 Å². The molecule has 5 nitrogen and oxygen atoms in total. The van der Waals surface area contributed by atoms with Crippen LogP contribution in [0.1, 0.15) is 42.3 Å². The first-order valence-electron chi connectivity index (χ1n) is 8.46. The average Bonchev–Trinajstić information content (AvgIpc) is 3.01. The Bertz CT molecular complexity index is 887. The van der Waals surface area contributed by atoms with E-state index in [2.05, 4.69) is 9.82 Å². The van der Waals surface area contributed by atoms with Crippen molar-refractivity contribution in [3.05, 3.63) is 46.8 Å². The van der Waals surface area contributed by atoms with Gasteiger partial charge in [-0.05, 0) is 50.3 Å². The molecular formula is C17H20F3N3O2S. The number of fused-ring (bicyclic) bond motifs is 1. The summed E-state index contributed by atoms with van der Waals surface area (Å²) in [5.74, 6) is -0.00920. The van der Waals surface area contributed by atoms with Crippen molar-refractivity contribution < 1.29 is 21.6 Å². The van der Waals surface area contributed by atoms with Gasteiger partial charge in [0, 0.05) is 17.8 Å². The molecule has 1 N–H and O–H groups in total. The van der Waals surface area contributed by atoms with Crippen LogP contribution in [0.25, 0.3) is 5.69 Å². The number of sulfonamides is 1. The molecule has 142 valence electrons. The van der Waals surface area contributed by atoms with E-state index in [0.29, 0.717) is 29.8 Å². The first-order chi connectivity index (χ1) is 12.2. The Balaban J connectivity index is 1.89. The fourth-order valence-corrected chi connectivity index (χ4v) is 3.68. The third-order valence-electron chi connectivity index (χ3n) is 4.51. The van der Waals surface area contributed by atoms with Crippen molar-refractivity contribution in [3.63, 3.8) is 0 Å². The molecule has 1 aliphatic carbocycles. The SMILES string of the molecule is CCS(=O)(=O)NCc1ccc(-n2nc(C(F)(F)F)c3c2CCCC3)cc1. The van der Waals surface area contributed by atoms with Crippen molar-refractivity contribution in [3.8, 4) is 5.69 Å². The van der Waals surface area contributed by atoms with Crippen LogP contribution in [0.4, 0.5) is 13.2 Å². The Labute approximate surface area is 150 Å². The molecule has 1 aliphatic rings. The maximum absolute atomic E-state index is 13.3. The Morgan fingerprint density at radius 3 is 2.42 bits per heavy atom. The van der Waals surface area contributed by atoms with E-state index in [0.717, 1.165) is 18.4 Å². The maximum atomic E-state index is 13.3. The number of rotatable bonds is 5. The van der Waals surface area contributed by atoms with Crippen LogP contribution in [0.15, 0.2) is 24.3 Å². The molecule has 0 saturated carbocycles. The molecule has 1 aromatic carbocycles. The summed E-state index contributed by atoms with van der Waals surface area (Å²) in [6, 6.07) is 6.71. The van der Waals surface area contributed by atoms with Crippen molar-refractivity contribution in [2.24, 2.45) is 0 Å². The minimum absolute atomic E-state index is 0.00920. The van der Waals surface area contributed by atoms with Gasteiger partial charge in [0.2, 0.25) is 10.0 Å². The van der Waals surface area contributed by atoms with Crippen LogP contribution in [0.2, 0.25) is 0 Å². The zero-order chi connectivity index (χ0) is 18.9. The van der Waals surface area contributed by atoms with Gasteiger partial charge in [-0.2, -0.15) is 18.3 Å². The summed E-state index contributed by atoms with van der Waals surface area (Å²) in [6.07, 6.45) is -1.94. The monoisotopic (exact) mass is 387 g/mol. The first kappa shape index (κ1) is 18.9. The van der Waals surface area contributed by atoms with E-state index >= 15 is 0 Å². The van der Waals surface area contributed by atoms with Gasteiger partial charge in [0.15, 0.2) is 5.69 Å². The van der Waals surface area contributed by atoms with Crippen LogP contribution in [0, 0.1) is 0 Å². The van der Waals surface area contributed by atoms with Gasteiger partial charge in [-0.15, -0.1) is 0 Å². The minimum atomic E-state index is -4.47. The molecule has 0 fully saturated rings. The highest BCUT2D eigenvalue weighted by Gasteiger charge is 2.39. The second-order valence-electron chi connectivity index (χ2n) is 6.28. The second-order valence-corrected chi connectivity index (χ2v) is 8.38. The topological polar surface area (TPSA) is 64.0 Å². The predicted octanol–water partition coefficient (Wildman–Crippen LogP) is 3.21. The number of alkyl halides is 3. The summed E-state index contributed by atoms with van der Waals surface area (Å²) in [5.41, 5.74) is 1.38. The zero-order valence-electron chi connectivity index (χ0n) is 14.3. The molecule has 2 aromatic rings. The van der Waals surface area contributed by atoms with Gasteiger partial charge in [-0.25, -0.2) is 17.8 Å². The summed E-state index contributed by atoms with van der Waals surface area (Å²) >= 11 is 0. The molecule has 9 heteroatoms. The summed E-state index contributed by atoms with van der Waals surface area (Å²) < 4.78 is 66.6. The van der Waals surface area contributed by atoms with Gasteiger partial charge < -0.3 is 0 Å². The minimum Gasteiger partial charge on any atom is -0.237 e. The molecule has 0 radical (unpaired) electrons. The Hall–Kier alpha value is -1.87. The maximum Gasteiger partial charge on any atom is 0.435 e. The lowest BCUT2D eigenvalue weighted by Crippen LogP contribution is -2.24. The van der Waals surface area contributed by atoms with Gasteiger partial charge in [-0.3, -0.25) is 0 Å². The Kier molecular flexibility index (Phi) is 5.12. The predicted molar refractivity (Wildman–Crippen MR) is 91.5 cm³/mol. The number of benzene rings is 1. The number of nitrogens with zero attached hydrogens (tertiary/aromatic N) is 2. The lowest BCUT2D eigenvalue weighted by molar-refractivity contribution is -0.142. The van der Waals surface area contributed by atoms with Gasteiger partial charge in [0.25, 0.3) is 0 Å². The largest absolute Gasteiger partial charge is 0.435 e. The zero-order valence-corrected chi connectivity index (χ0v) is 15.1. The Morgan fingerprint density at radius 1 is 1.15 bits per heavy atom. The van der Waals surface area contributed by atoms with E-state index in [9.17, 15) is 21.6 Å². The van der Waals surface area contributed by atoms with E-state index in [1.54, 1.807) is 31.2 Å². The summed E-state index contributed by atoms with van der Waals surface area (Å²) in [7, 11) is -3.30. The van der Waals surface area contributed by atoms with E-state index in [1.165, 1.54) is 4.68 Å². The standard InChI is InChI=1S/C17H20F3N3O2S/c1-2-26(24,25)21-11-12-7-9-13(10-8-12)23-15-6-4-3-5-14(15)16(22-23)17(18,19)20/h7-10,21H,2-6,11H2,1H3. The molecule has 0 bridgehead atoms. The van der Waals surface area contributed by atoms with E-state index in [-0.39, 0.29) is 12.3 Å². The van der Waals surface area contributed by atoms with Crippen LogP contribution < -0.4 is 4.72 Å². The fraction of sp³-hybridized carbons (Fsp3) is 0.471. The smallest absolute Gasteiger partial charge is 0.237 e. The second kappa shape index (κ2) is 7.03. The van der Waals surface area contributed by atoms with Gasteiger partial charge >= 0.3 is 6.18 Å². The number of halogens is 3. The third-order valence-corrected chi connectivity index (χ3v) is 5.85. The summed E-state index contributed by atoms with van der Waals surface area (Å²) in [6.45, 7) is 1.69. The molecular weight excluding hydrogens is 367 g/mol. The summed E-state index contributed by atoms with van der Waals surface area (Å²) in [5, 5.41) is 3.84. The van der Waals surface area contributed by atoms with E-state index in [4.69, 9.17) is 0 Å². The highest BCUT2D eigenvalue weighted by atomic mass is 32.2. The molecule has 0 unspecified atom stereocenters. The lowest BCUT2D eigenvalue weighted by atomic mass is 9.95. The van der Waals surface area contributed by atoms with Crippen LogP contribution in [0.3, 0.4) is 0 Å².